The Bertz CT molecular complexity index is 393. The Labute approximate surface area is 101 Å². The Morgan fingerprint density at radius 2 is 2.18 bits per heavy atom. The molecule has 0 aliphatic rings. The van der Waals surface area contributed by atoms with E-state index in [1.165, 1.54) is 11.0 Å². The van der Waals surface area contributed by atoms with Crippen LogP contribution in [-0.4, -0.2) is 19.0 Å². The van der Waals surface area contributed by atoms with Crippen LogP contribution >= 0.6 is 0 Å². The molecule has 0 atom stereocenters. The molecule has 0 radical (unpaired) electrons. The number of benzene rings is 1. The average Bonchev–Trinajstić information content (AvgIpc) is 2.33. The van der Waals surface area contributed by atoms with E-state index in [0.29, 0.717) is 12.2 Å². The number of anilines is 1. The number of carbonyl (C=O) groups excluding carboxylic acids is 1. The molecule has 3 nitrogen and oxygen atoms in total. The zero-order valence-electron chi connectivity index (χ0n) is 10.4. The molecule has 17 heavy (non-hydrogen) atoms. The average molecular weight is 238 g/mol. The van der Waals surface area contributed by atoms with Crippen LogP contribution in [0.5, 0.6) is 0 Å². The van der Waals surface area contributed by atoms with Gasteiger partial charge in [0.1, 0.15) is 5.82 Å². The third-order valence-corrected chi connectivity index (χ3v) is 2.60. The van der Waals surface area contributed by atoms with E-state index in [2.05, 4.69) is 0 Å². The van der Waals surface area contributed by atoms with Crippen molar-refractivity contribution >= 4 is 11.6 Å². The SMILES string of the molecule is CCCCN(C(=O)CN)c1cc(C)ccc1F. The molecule has 0 heterocycles. The first kappa shape index (κ1) is 13.6. The standard InChI is InChI=1S/C13H19FN2O/c1-3-4-7-16(13(17)9-15)12-8-10(2)5-6-11(12)14/h5-6,8H,3-4,7,9,15H2,1-2H3. The van der Waals surface area contributed by atoms with Gasteiger partial charge in [0.05, 0.1) is 12.2 Å². The third-order valence-electron chi connectivity index (χ3n) is 2.60. The molecule has 0 spiro atoms. The summed E-state index contributed by atoms with van der Waals surface area (Å²) < 4.78 is 13.7. The number of nitrogens with zero attached hydrogens (tertiary/aromatic N) is 1. The zero-order valence-corrected chi connectivity index (χ0v) is 10.4. The van der Waals surface area contributed by atoms with E-state index >= 15 is 0 Å². The maximum atomic E-state index is 13.7. The number of unbranched alkanes of at least 4 members (excludes halogenated alkanes) is 1. The largest absolute Gasteiger partial charge is 0.322 e. The van der Waals surface area contributed by atoms with Gasteiger partial charge in [0.15, 0.2) is 0 Å². The number of hydrogen-bond acceptors (Lipinski definition) is 2. The predicted octanol–water partition coefficient (Wildman–Crippen LogP) is 2.23. The van der Waals surface area contributed by atoms with Crippen LogP contribution in [0.15, 0.2) is 18.2 Å². The molecule has 1 rings (SSSR count). The molecule has 0 bridgehead atoms. The highest BCUT2D eigenvalue weighted by Gasteiger charge is 2.17. The number of amides is 1. The summed E-state index contributed by atoms with van der Waals surface area (Å²) in [7, 11) is 0. The normalized spacial score (nSPS) is 10.4. The molecule has 4 heteroatoms. The van der Waals surface area contributed by atoms with E-state index in [0.717, 1.165) is 18.4 Å². The second-order valence-corrected chi connectivity index (χ2v) is 4.06. The molecule has 0 aromatic heterocycles. The Morgan fingerprint density at radius 1 is 1.47 bits per heavy atom. The molecular formula is C13H19FN2O. The van der Waals surface area contributed by atoms with Gasteiger partial charge in [-0.05, 0) is 31.0 Å². The van der Waals surface area contributed by atoms with Crippen molar-refractivity contribution in [1.82, 2.24) is 0 Å². The minimum absolute atomic E-state index is 0.100. The van der Waals surface area contributed by atoms with E-state index in [4.69, 9.17) is 5.73 Å². The van der Waals surface area contributed by atoms with E-state index in [-0.39, 0.29) is 18.3 Å². The quantitative estimate of drug-likeness (QED) is 0.855. The summed E-state index contributed by atoms with van der Waals surface area (Å²) in [5, 5.41) is 0. The summed E-state index contributed by atoms with van der Waals surface area (Å²) in [6.07, 6.45) is 1.78. The summed E-state index contributed by atoms with van der Waals surface area (Å²) in [4.78, 5) is 13.2. The predicted molar refractivity (Wildman–Crippen MR) is 67.5 cm³/mol. The number of carbonyl (C=O) groups is 1. The van der Waals surface area contributed by atoms with Crippen LogP contribution in [0.1, 0.15) is 25.3 Å². The molecule has 94 valence electrons. The van der Waals surface area contributed by atoms with Crippen LogP contribution in [0.3, 0.4) is 0 Å². The zero-order chi connectivity index (χ0) is 12.8. The summed E-state index contributed by atoms with van der Waals surface area (Å²) in [6, 6.07) is 4.75. The van der Waals surface area contributed by atoms with Crippen LogP contribution < -0.4 is 10.6 Å². The molecule has 0 saturated heterocycles. The van der Waals surface area contributed by atoms with Gasteiger partial charge in [0, 0.05) is 6.54 Å². The van der Waals surface area contributed by atoms with Gasteiger partial charge in [-0.1, -0.05) is 19.4 Å². The van der Waals surface area contributed by atoms with Crippen LogP contribution in [0.2, 0.25) is 0 Å². The first-order chi connectivity index (χ1) is 8.10. The fourth-order valence-electron chi connectivity index (χ4n) is 1.64. The highest BCUT2D eigenvalue weighted by molar-refractivity contribution is 5.94. The maximum absolute atomic E-state index is 13.7. The summed E-state index contributed by atoms with van der Waals surface area (Å²) in [5.41, 5.74) is 6.61. The number of rotatable bonds is 5. The van der Waals surface area contributed by atoms with Crippen molar-refractivity contribution in [3.63, 3.8) is 0 Å². The second kappa shape index (κ2) is 6.35. The van der Waals surface area contributed by atoms with Gasteiger partial charge in [0.2, 0.25) is 5.91 Å². The molecular weight excluding hydrogens is 219 g/mol. The minimum atomic E-state index is -0.381. The topological polar surface area (TPSA) is 46.3 Å². The fourth-order valence-corrected chi connectivity index (χ4v) is 1.64. The van der Waals surface area contributed by atoms with E-state index < -0.39 is 0 Å². The Hall–Kier alpha value is -1.42. The maximum Gasteiger partial charge on any atom is 0.240 e. The van der Waals surface area contributed by atoms with Crippen molar-refractivity contribution in [2.75, 3.05) is 18.0 Å². The molecule has 0 fully saturated rings. The number of nitrogens with two attached hydrogens (primary N) is 1. The Balaban J connectivity index is 3.02. The van der Waals surface area contributed by atoms with Crippen LogP contribution in [0, 0.1) is 12.7 Å². The summed E-state index contributed by atoms with van der Waals surface area (Å²) in [5.74, 6) is -0.628. The molecule has 0 aliphatic carbocycles. The third kappa shape index (κ3) is 3.53. The highest BCUT2D eigenvalue weighted by atomic mass is 19.1. The van der Waals surface area contributed by atoms with Crippen molar-refractivity contribution < 1.29 is 9.18 Å². The molecule has 1 aromatic carbocycles. The molecule has 0 saturated carbocycles. The van der Waals surface area contributed by atoms with Crippen molar-refractivity contribution in [2.24, 2.45) is 5.73 Å². The molecule has 1 aromatic rings. The first-order valence-electron chi connectivity index (χ1n) is 5.86. The fraction of sp³-hybridized carbons (Fsp3) is 0.462. The first-order valence-corrected chi connectivity index (χ1v) is 5.86. The van der Waals surface area contributed by atoms with E-state index in [1.54, 1.807) is 12.1 Å². The lowest BCUT2D eigenvalue weighted by Crippen LogP contribution is -2.37. The lowest BCUT2D eigenvalue weighted by Gasteiger charge is -2.23. The minimum Gasteiger partial charge on any atom is -0.322 e. The van der Waals surface area contributed by atoms with Crippen LogP contribution in [-0.2, 0) is 4.79 Å². The number of aryl methyl sites for hydroxylation is 1. The van der Waals surface area contributed by atoms with E-state index in [9.17, 15) is 9.18 Å². The molecule has 2 N–H and O–H groups in total. The molecule has 1 amide bonds. The van der Waals surface area contributed by atoms with Crippen molar-refractivity contribution in [3.8, 4) is 0 Å². The molecule has 0 unspecified atom stereocenters. The molecule has 0 aliphatic heterocycles. The van der Waals surface area contributed by atoms with Crippen LogP contribution in [0.4, 0.5) is 10.1 Å². The Morgan fingerprint density at radius 3 is 2.76 bits per heavy atom. The monoisotopic (exact) mass is 238 g/mol. The van der Waals surface area contributed by atoms with Crippen molar-refractivity contribution in [3.05, 3.63) is 29.6 Å². The summed E-state index contributed by atoms with van der Waals surface area (Å²) >= 11 is 0. The second-order valence-electron chi connectivity index (χ2n) is 4.06. The number of halogens is 1. The smallest absolute Gasteiger partial charge is 0.240 e. The Kier molecular flexibility index (Phi) is 5.10. The lowest BCUT2D eigenvalue weighted by molar-refractivity contribution is -0.117. The van der Waals surface area contributed by atoms with Crippen molar-refractivity contribution in [1.29, 1.82) is 0 Å². The van der Waals surface area contributed by atoms with E-state index in [1.807, 2.05) is 13.8 Å². The van der Waals surface area contributed by atoms with Gasteiger partial charge in [-0.3, -0.25) is 4.79 Å². The highest BCUT2D eigenvalue weighted by Crippen LogP contribution is 2.21. The van der Waals surface area contributed by atoms with Gasteiger partial charge in [-0.2, -0.15) is 0 Å². The van der Waals surface area contributed by atoms with Gasteiger partial charge >= 0.3 is 0 Å². The lowest BCUT2D eigenvalue weighted by atomic mass is 10.2. The van der Waals surface area contributed by atoms with Gasteiger partial charge in [0.25, 0.3) is 0 Å². The van der Waals surface area contributed by atoms with Gasteiger partial charge in [-0.15, -0.1) is 0 Å². The van der Waals surface area contributed by atoms with Gasteiger partial charge in [-0.25, -0.2) is 4.39 Å². The summed E-state index contributed by atoms with van der Waals surface area (Å²) in [6.45, 7) is 4.30. The number of hydrogen-bond donors (Lipinski definition) is 1. The van der Waals surface area contributed by atoms with Gasteiger partial charge < -0.3 is 10.6 Å². The van der Waals surface area contributed by atoms with Crippen LogP contribution in [0.25, 0.3) is 0 Å². The van der Waals surface area contributed by atoms with Crippen molar-refractivity contribution in [2.45, 2.75) is 26.7 Å².